The van der Waals surface area contributed by atoms with Crippen LogP contribution in [0.2, 0.25) is 0 Å². The molecule has 0 aliphatic heterocycles. The Morgan fingerprint density at radius 1 is 1.24 bits per heavy atom. The fourth-order valence-corrected chi connectivity index (χ4v) is 1.32. The van der Waals surface area contributed by atoms with Crippen LogP contribution in [-0.4, -0.2) is 25.6 Å². The van der Waals surface area contributed by atoms with Crippen molar-refractivity contribution in [2.75, 3.05) is 0 Å². The summed E-state index contributed by atoms with van der Waals surface area (Å²) < 4.78 is 5.10. The van der Waals surface area contributed by atoms with E-state index in [1.54, 1.807) is 12.4 Å². The molecule has 2 N–H and O–H groups in total. The average molecular weight is 233 g/mol. The van der Waals surface area contributed by atoms with Gasteiger partial charge in [-0.15, -0.1) is 0 Å². The molecule has 0 aliphatic carbocycles. The molecule has 0 atom stereocenters. The van der Waals surface area contributed by atoms with Crippen molar-refractivity contribution >= 4 is 0 Å². The van der Waals surface area contributed by atoms with Crippen molar-refractivity contribution in [1.29, 1.82) is 0 Å². The van der Waals surface area contributed by atoms with E-state index in [2.05, 4.69) is 20.1 Å². The average Bonchev–Trinajstić information content (AvgIpc) is 2.64. The zero-order chi connectivity index (χ0) is 12.5. The fraction of sp³-hybridized carbons (Fsp3) is 0.455. The van der Waals surface area contributed by atoms with Gasteiger partial charge in [0.05, 0.1) is 0 Å². The van der Waals surface area contributed by atoms with Crippen molar-refractivity contribution in [2.24, 2.45) is 5.73 Å². The van der Waals surface area contributed by atoms with Crippen LogP contribution in [0.3, 0.4) is 0 Å². The van der Waals surface area contributed by atoms with Crippen LogP contribution < -0.4 is 5.73 Å². The Morgan fingerprint density at radius 3 is 2.47 bits per heavy atom. The first kappa shape index (κ1) is 11.7. The summed E-state index contributed by atoms with van der Waals surface area (Å²) >= 11 is 0. The van der Waals surface area contributed by atoms with Crippen molar-refractivity contribution in [3.8, 4) is 11.6 Å². The molecule has 0 aliphatic rings. The molecule has 90 valence electrons. The molecule has 0 fully saturated rings. The Bertz CT molecular complexity index is 497. The Balaban J connectivity index is 2.21. The van der Waals surface area contributed by atoms with Crippen molar-refractivity contribution in [3.05, 3.63) is 23.8 Å². The van der Waals surface area contributed by atoms with Gasteiger partial charge >= 0.3 is 0 Å². The molecule has 0 aromatic carbocycles. The minimum Gasteiger partial charge on any atom is -0.339 e. The second kappa shape index (κ2) is 4.21. The van der Waals surface area contributed by atoms with Gasteiger partial charge < -0.3 is 10.3 Å². The van der Waals surface area contributed by atoms with E-state index in [0.29, 0.717) is 24.0 Å². The van der Waals surface area contributed by atoms with E-state index in [4.69, 9.17) is 10.3 Å². The maximum absolute atomic E-state index is 5.88. The van der Waals surface area contributed by atoms with Gasteiger partial charge in [-0.1, -0.05) is 5.16 Å². The Hall–Kier alpha value is -1.82. The highest BCUT2D eigenvalue weighted by Gasteiger charge is 2.18. The summed E-state index contributed by atoms with van der Waals surface area (Å²) in [5, 5.41) is 3.83. The van der Waals surface area contributed by atoms with E-state index in [1.807, 2.05) is 20.8 Å². The van der Waals surface area contributed by atoms with Crippen LogP contribution in [0, 0.1) is 6.92 Å². The van der Waals surface area contributed by atoms with E-state index in [1.165, 1.54) is 0 Å². The van der Waals surface area contributed by atoms with Gasteiger partial charge in [-0.3, -0.25) is 0 Å². The molecule has 2 heterocycles. The molecule has 0 bridgehead atoms. The lowest BCUT2D eigenvalue weighted by atomic mass is 10.0. The number of rotatable bonds is 3. The normalized spacial score (nSPS) is 11.8. The molecule has 0 spiro atoms. The topological polar surface area (TPSA) is 90.7 Å². The van der Waals surface area contributed by atoms with Crippen LogP contribution in [0.4, 0.5) is 0 Å². The molecule has 0 saturated carbocycles. The lowest BCUT2D eigenvalue weighted by Crippen LogP contribution is -2.34. The van der Waals surface area contributed by atoms with Crippen molar-refractivity contribution < 1.29 is 4.52 Å². The number of aromatic nitrogens is 4. The maximum Gasteiger partial charge on any atom is 0.240 e. The third-order valence-corrected chi connectivity index (χ3v) is 2.06. The van der Waals surface area contributed by atoms with E-state index in [9.17, 15) is 0 Å². The summed E-state index contributed by atoms with van der Waals surface area (Å²) in [5.74, 6) is 1.35. The van der Waals surface area contributed by atoms with Crippen molar-refractivity contribution in [2.45, 2.75) is 32.7 Å². The van der Waals surface area contributed by atoms with Gasteiger partial charge in [-0.05, 0) is 26.3 Å². The minimum atomic E-state index is -0.377. The largest absolute Gasteiger partial charge is 0.339 e. The molecule has 6 heteroatoms. The first-order chi connectivity index (χ1) is 7.94. The van der Waals surface area contributed by atoms with Crippen LogP contribution in [0.5, 0.6) is 0 Å². The predicted molar refractivity (Wildman–Crippen MR) is 62.0 cm³/mol. The monoisotopic (exact) mass is 233 g/mol. The summed E-state index contributed by atoms with van der Waals surface area (Å²) in [4.78, 5) is 12.5. The van der Waals surface area contributed by atoms with Crippen LogP contribution in [0.1, 0.15) is 25.3 Å². The Labute approximate surface area is 99.3 Å². The molecule has 2 rings (SSSR count). The fourth-order valence-electron chi connectivity index (χ4n) is 1.32. The zero-order valence-corrected chi connectivity index (χ0v) is 10.1. The molecule has 2 aromatic heterocycles. The van der Waals surface area contributed by atoms with E-state index < -0.39 is 0 Å². The van der Waals surface area contributed by atoms with Crippen molar-refractivity contribution in [1.82, 2.24) is 20.1 Å². The van der Waals surface area contributed by atoms with Gasteiger partial charge in [0, 0.05) is 24.4 Å². The molecule has 0 saturated heterocycles. The summed E-state index contributed by atoms with van der Waals surface area (Å²) in [5.41, 5.74) is 6.49. The SMILES string of the molecule is Cc1cnc(-c2noc(CC(C)(C)N)n2)nc1. The van der Waals surface area contributed by atoms with Crippen LogP contribution in [-0.2, 0) is 6.42 Å². The number of nitrogens with two attached hydrogens (primary N) is 1. The minimum absolute atomic E-state index is 0.377. The van der Waals surface area contributed by atoms with Gasteiger partial charge in [0.2, 0.25) is 17.5 Å². The van der Waals surface area contributed by atoms with Crippen molar-refractivity contribution in [3.63, 3.8) is 0 Å². The predicted octanol–water partition coefficient (Wildman–Crippen LogP) is 1.11. The Morgan fingerprint density at radius 2 is 1.88 bits per heavy atom. The van der Waals surface area contributed by atoms with Crippen LogP contribution in [0.25, 0.3) is 11.6 Å². The lowest BCUT2D eigenvalue weighted by molar-refractivity contribution is 0.348. The number of aryl methyl sites for hydroxylation is 1. The second-order valence-electron chi connectivity index (χ2n) is 4.76. The standard InChI is InChI=1S/C11H15N5O/c1-7-5-13-9(14-6-7)10-15-8(17-16-10)4-11(2,3)12/h5-6H,4,12H2,1-3H3. The molecule has 6 nitrogen and oxygen atoms in total. The smallest absolute Gasteiger partial charge is 0.240 e. The molecule has 0 unspecified atom stereocenters. The third kappa shape index (κ3) is 3.07. The molecule has 17 heavy (non-hydrogen) atoms. The highest BCUT2D eigenvalue weighted by atomic mass is 16.5. The van der Waals surface area contributed by atoms with Crippen LogP contribution in [0.15, 0.2) is 16.9 Å². The zero-order valence-electron chi connectivity index (χ0n) is 10.1. The summed E-state index contributed by atoms with van der Waals surface area (Å²) in [7, 11) is 0. The molecular formula is C11H15N5O. The maximum atomic E-state index is 5.88. The summed E-state index contributed by atoms with van der Waals surface area (Å²) in [6.07, 6.45) is 3.95. The molecular weight excluding hydrogens is 218 g/mol. The highest BCUT2D eigenvalue weighted by Crippen LogP contribution is 2.13. The first-order valence-corrected chi connectivity index (χ1v) is 5.34. The second-order valence-corrected chi connectivity index (χ2v) is 4.76. The lowest BCUT2D eigenvalue weighted by Gasteiger charge is -2.14. The molecule has 0 radical (unpaired) electrons. The first-order valence-electron chi connectivity index (χ1n) is 5.34. The van der Waals surface area contributed by atoms with Gasteiger partial charge in [0.15, 0.2) is 0 Å². The third-order valence-electron chi connectivity index (χ3n) is 2.06. The van der Waals surface area contributed by atoms with E-state index in [-0.39, 0.29) is 5.54 Å². The quantitative estimate of drug-likeness (QED) is 0.854. The van der Waals surface area contributed by atoms with E-state index >= 15 is 0 Å². The van der Waals surface area contributed by atoms with Crippen LogP contribution >= 0.6 is 0 Å². The van der Waals surface area contributed by atoms with Gasteiger partial charge in [-0.25, -0.2) is 9.97 Å². The highest BCUT2D eigenvalue weighted by molar-refractivity contribution is 5.40. The van der Waals surface area contributed by atoms with Gasteiger partial charge in [-0.2, -0.15) is 4.98 Å². The number of hydrogen-bond acceptors (Lipinski definition) is 6. The number of nitrogens with zero attached hydrogens (tertiary/aromatic N) is 4. The summed E-state index contributed by atoms with van der Waals surface area (Å²) in [6.45, 7) is 5.72. The van der Waals surface area contributed by atoms with Gasteiger partial charge in [0.25, 0.3) is 0 Å². The number of hydrogen-bond donors (Lipinski definition) is 1. The van der Waals surface area contributed by atoms with E-state index in [0.717, 1.165) is 5.56 Å². The Kier molecular flexibility index (Phi) is 2.89. The molecule has 0 amide bonds. The molecule has 2 aromatic rings. The summed E-state index contributed by atoms with van der Waals surface area (Å²) in [6, 6.07) is 0. The van der Waals surface area contributed by atoms with Gasteiger partial charge in [0.1, 0.15) is 0 Å².